The first-order chi connectivity index (χ1) is 12.9. The van der Waals surface area contributed by atoms with Crippen LogP contribution in [0.1, 0.15) is 54.6 Å². The summed E-state index contributed by atoms with van der Waals surface area (Å²) < 4.78 is 45.2. The number of rotatable bonds is 3. The summed E-state index contributed by atoms with van der Waals surface area (Å²) in [6.07, 6.45) is 2.76. The Kier molecular flexibility index (Phi) is 4.78. The number of nitrogens with one attached hydrogen (secondary N) is 1. The molecule has 2 aromatic rings. The molecule has 2 aliphatic rings. The molecule has 0 spiro atoms. The Morgan fingerprint density at radius 1 is 1.19 bits per heavy atom. The van der Waals surface area contributed by atoms with Gasteiger partial charge in [0.05, 0.1) is 11.3 Å². The van der Waals surface area contributed by atoms with E-state index in [1.165, 1.54) is 38.2 Å². The van der Waals surface area contributed by atoms with Crippen LogP contribution in [0.25, 0.3) is 11.0 Å². The summed E-state index contributed by atoms with van der Waals surface area (Å²) in [7, 11) is 0. The van der Waals surface area contributed by atoms with Crippen molar-refractivity contribution in [1.82, 2.24) is 5.32 Å². The fraction of sp³-hybridized carbons (Fsp3) is 0.550. The van der Waals surface area contributed by atoms with E-state index in [1.54, 1.807) is 0 Å². The van der Waals surface area contributed by atoms with Gasteiger partial charge in [-0.2, -0.15) is 13.2 Å². The molecule has 0 unspecified atom stereocenters. The van der Waals surface area contributed by atoms with E-state index in [2.05, 4.69) is 5.32 Å². The van der Waals surface area contributed by atoms with E-state index < -0.39 is 11.7 Å². The predicted molar refractivity (Wildman–Crippen MR) is 97.0 cm³/mol. The lowest BCUT2D eigenvalue weighted by molar-refractivity contribution is -0.137. The molecule has 1 fully saturated rings. The summed E-state index contributed by atoms with van der Waals surface area (Å²) in [6, 6.07) is 3.40. The van der Waals surface area contributed by atoms with Gasteiger partial charge in [0, 0.05) is 25.0 Å². The number of hydrogen-bond acceptors (Lipinski definition) is 3. The van der Waals surface area contributed by atoms with Crippen LogP contribution in [0, 0.1) is 5.92 Å². The molecular formula is C20H23F3N2O2. The highest BCUT2D eigenvalue weighted by Gasteiger charge is 2.33. The van der Waals surface area contributed by atoms with Crippen molar-refractivity contribution in [3.8, 4) is 0 Å². The zero-order valence-corrected chi connectivity index (χ0v) is 15.1. The van der Waals surface area contributed by atoms with Crippen molar-refractivity contribution in [1.29, 1.82) is 0 Å². The number of hydrogen-bond donors (Lipinski definition) is 1. The summed E-state index contributed by atoms with van der Waals surface area (Å²) in [5.74, 6) is 0.401. The van der Waals surface area contributed by atoms with Crippen LogP contribution in [-0.4, -0.2) is 25.5 Å². The molecule has 1 saturated carbocycles. The Hall–Kier alpha value is -2.18. The van der Waals surface area contributed by atoms with Gasteiger partial charge in [0.1, 0.15) is 5.58 Å². The second kappa shape index (κ2) is 7.09. The van der Waals surface area contributed by atoms with Crippen LogP contribution in [0.3, 0.4) is 0 Å². The summed E-state index contributed by atoms with van der Waals surface area (Å²) in [5, 5.41) is 3.14. The van der Waals surface area contributed by atoms with Crippen molar-refractivity contribution >= 4 is 22.6 Å². The molecule has 4 rings (SSSR count). The first kappa shape index (κ1) is 18.2. The van der Waals surface area contributed by atoms with Crippen LogP contribution in [-0.2, 0) is 6.18 Å². The Labute approximate surface area is 155 Å². The topological polar surface area (TPSA) is 45.5 Å². The Balaban J connectivity index is 1.70. The molecule has 146 valence electrons. The van der Waals surface area contributed by atoms with Gasteiger partial charge in [-0.1, -0.05) is 32.1 Å². The highest BCUT2D eigenvalue weighted by molar-refractivity contribution is 6.07. The summed E-state index contributed by atoms with van der Waals surface area (Å²) in [6.45, 7) is 1.74. The fourth-order valence-electron chi connectivity index (χ4n) is 4.26. The SMILES string of the molecule is O=C1NCCN(CCC2CCCCC2)c2c1oc1ccc(C(F)(F)F)cc21. The standard InChI is InChI=1S/C20H23F3N2O2/c21-20(22,23)14-6-7-16-15(12-14)17-18(27-16)19(26)24-9-11-25(17)10-8-13-4-2-1-3-5-13/h6-7,12-13H,1-5,8-11H2,(H,24,26). The second-order valence-corrected chi connectivity index (χ2v) is 7.52. The van der Waals surface area contributed by atoms with E-state index in [9.17, 15) is 18.0 Å². The summed E-state index contributed by atoms with van der Waals surface area (Å²) in [4.78, 5) is 14.4. The van der Waals surface area contributed by atoms with Gasteiger partial charge in [-0.25, -0.2) is 0 Å². The number of benzene rings is 1. The minimum absolute atomic E-state index is 0.116. The Morgan fingerprint density at radius 2 is 1.96 bits per heavy atom. The highest BCUT2D eigenvalue weighted by Crippen LogP contribution is 2.39. The Morgan fingerprint density at radius 3 is 2.70 bits per heavy atom. The van der Waals surface area contributed by atoms with Gasteiger partial charge in [0.15, 0.2) is 0 Å². The maximum Gasteiger partial charge on any atom is 0.416 e. The molecule has 1 aliphatic heterocycles. The molecule has 1 N–H and O–H groups in total. The third-order valence-corrected chi connectivity index (χ3v) is 5.71. The molecule has 0 bridgehead atoms. The van der Waals surface area contributed by atoms with Crippen LogP contribution < -0.4 is 10.2 Å². The number of fused-ring (bicyclic) bond motifs is 3. The summed E-state index contributed by atoms with van der Waals surface area (Å²) in [5.41, 5.74) is 0.0881. The molecule has 1 aromatic carbocycles. The van der Waals surface area contributed by atoms with E-state index in [0.717, 1.165) is 25.1 Å². The van der Waals surface area contributed by atoms with E-state index in [-0.39, 0.29) is 11.7 Å². The molecule has 0 atom stereocenters. The molecule has 1 aromatic heterocycles. The van der Waals surface area contributed by atoms with Gasteiger partial charge in [-0.3, -0.25) is 4.79 Å². The van der Waals surface area contributed by atoms with Crippen molar-refractivity contribution in [3.63, 3.8) is 0 Å². The number of furan rings is 1. The first-order valence-corrected chi connectivity index (χ1v) is 9.60. The number of amides is 1. The maximum atomic E-state index is 13.2. The van der Waals surface area contributed by atoms with E-state index in [1.807, 2.05) is 4.90 Å². The average Bonchev–Trinajstić information content (AvgIpc) is 2.96. The Bertz CT molecular complexity index is 838. The maximum absolute atomic E-state index is 13.2. The largest absolute Gasteiger partial charge is 0.449 e. The number of anilines is 1. The average molecular weight is 380 g/mol. The monoisotopic (exact) mass is 380 g/mol. The quantitative estimate of drug-likeness (QED) is 0.818. The van der Waals surface area contributed by atoms with Gasteiger partial charge in [0.2, 0.25) is 5.76 Å². The van der Waals surface area contributed by atoms with Crippen molar-refractivity contribution in [2.24, 2.45) is 5.92 Å². The number of alkyl halides is 3. The van der Waals surface area contributed by atoms with Crippen molar-refractivity contribution in [2.75, 3.05) is 24.5 Å². The minimum Gasteiger partial charge on any atom is -0.449 e. The smallest absolute Gasteiger partial charge is 0.416 e. The number of nitrogens with zero attached hydrogens (tertiary/aromatic N) is 1. The van der Waals surface area contributed by atoms with Gasteiger partial charge >= 0.3 is 6.18 Å². The third kappa shape index (κ3) is 3.64. The van der Waals surface area contributed by atoms with Crippen LogP contribution in [0.2, 0.25) is 0 Å². The van der Waals surface area contributed by atoms with E-state index in [4.69, 9.17) is 4.42 Å². The lowest BCUT2D eigenvalue weighted by Gasteiger charge is -2.27. The number of carbonyl (C=O) groups excluding carboxylic acids is 1. The predicted octanol–water partition coefficient (Wildman–Crippen LogP) is 4.97. The van der Waals surface area contributed by atoms with Gasteiger partial charge in [-0.15, -0.1) is 0 Å². The zero-order chi connectivity index (χ0) is 19.0. The molecule has 1 aliphatic carbocycles. The van der Waals surface area contributed by atoms with Crippen LogP contribution in [0.5, 0.6) is 0 Å². The van der Waals surface area contributed by atoms with Crippen LogP contribution >= 0.6 is 0 Å². The molecule has 0 radical (unpaired) electrons. The molecular weight excluding hydrogens is 357 g/mol. The van der Waals surface area contributed by atoms with Gasteiger partial charge in [-0.05, 0) is 30.5 Å². The molecule has 4 nitrogen and oxygen atoms in total. The van der Waals surface area contributed by atoms with E-state index >= 15 is 0 Å². The van der Waals surface area contributed by atoms with Crippen LogP contribution in [0.15, 0.2) is 22.6 Å². The summed E-state index contributed by atoms with van der Waals surface area (Å²) >= 11 is 0. The number of carbonyl (C=O) groups is 1. The molecule has 7 heteroatoms. The lowest BCUT2D eigenvalue weighted by atomic mass is 9.87. The lowest BCUT2D eigenvalue weighted by Crippen LogP contribution is -2.32. The van der Waals surface area contributed by atoms with E-state index in [0.29, 0.717) is 35.7 Å². The van der Waals surface area contributed by atoms with Gasteiger partial charge in [0.25, 0.3) is 5.91 Å². The zero-order valence-electron chi connectivity index (χ0n) is 15.1. The van der Waals surface area contributed by atoms with Crippen molar-refractivity contribution < 1.29 is 22.4 Å². The highest BCUT2D eigenvalue weighted by atomic mass is 19.4. The first-order valence-electron chi connectivity index (χ1n) is 9.60. The molecule has 1 amide bonds. The normalized spacial score (nSPS) is 19.1. The minimum atomic E-state index is -4.43. The number of halogens is 3. The fourth-order valence-corrected chi connectivity index (χ4v) is 4.26. The van der Waals surface area contributed by atoms with Crippen molar-refractivity contribution in [3.05, 3.63) is 29.5 Å². The van der Waals surface area contributed by atoms with Crippen molar-refractivity contribution in [2.45, 2.75) is 44.7 Å². The molecule has 0 saturated heterocycles. The molecule has 2 heterocycles. The van der Waals surface area contributed by atoms with Gasteiger partial charge < -0.3 is 14.6 Å². The van der Waals surface area contributed by atoms with Crippen LogP contribution in [0.4, 0.5) is 18.9 Å². The molecule has 27 heavy (non-hydrogen) atoms. The second-order valence-electron chi connectivity index (χ2n) is 7.52. The third-order valence-electron chi connectivity index (χ3n) is 5.71.